The van der Waals surface area contributed by atoms with Gasteiger partial charge in [-0.05, 0) is 45.6 Å². The third kappa shape index (κ3) is 4.30. The average Bonchev–Trinajstić information content (AvgIpc) is 2.97. The van der Waals surface area contributed by atoms with Crippen LogP contribution in [0.25, 0.3) is 0 Å². The molecular formula is C21H36N4O. The predicted molar refractivity (Wildman–Crippen MR) is 105 cm³/mol. The van der Waals surface area contributed by atoms with Crippen LogP contribution in [0, 0.1) is 12.3 Å². The van der Waals surface area contributed by atoms with Crippen molar-refractivity contribution in [3.8, 4) is 0 Å². The molecule has 1 amide bonds. The number of carbonyl (C=O) groups excluding carboxylic acids is 1. The molecule has 1 aromatic rings. The molecule has 2 fully saturated rings. The van der Waals surface area contributed by atoms with Crippen molar-refractivity contribution in [1.29, 1.82) is 0 Å². The Labute approximate surface area is 158 Å². The van der Waals surface area contributed by atoms with Crippen molar-refractivity contribution in [2.45, 2.75) is 78.8 Å². The second kappa shape index (κ2) is 8.55. The van der Waals surface area contributed by atoms with Gasteiger partial charge in [0.25, 0.3) is 0 Å². The minimum atomic E-state index is 0.313. The molecule has 3 rings (SSSR count). The Kier molecular flexibility index (Phi) is 6.38. The predicted octanol–water partition coefficient (Wildman–Crippen LogP) is 3.61. The molecule has 0 aliphatic carbocycles. The zero-order valence-corrected chi connectivity index (χ0v) is 17.0. The molecule has 1 aromatic heterocycles. The van der Waals surface area contributed by atoms with E-state index in [9.17, 15) is 4.79 Å². The van der Waals surface area contributed by atoms with Crippen molar-refractivity contribution in [3.05, 3.63) is 17.5 Å². The largest absolute Gasteiger partial charge is 0.342 e. The number of hydrogen-bond donors (Lipinski definition) is 0. The van der Waals surface area contributed by atoms with E-state index < -0.39 is 0 Å². The molecule has 2 aliphatic heterocycles. The first-order chi connectivity index (χ1) is 12.6. The fourth-order valence-electron chi connectivity index (χ4n) is 4.75. The zero-order chi connectivity index (χ0) is 18.6. The van der Waals surface area contributed by atoms with Gasteiger partial charge < -0.3 is 4.90 Å². The number of unbranched alkanes of at least 4 members (excludes halogenated alkanes) is 1. The fourth-order valence-corrected chi connectivity index (χ4v) is 4.75. The van der Waals surface area contributed by atoms with Crippen LogP contribution >= 0.6 is 0 Å². The molecule has 1 atom stereocenters. The van der Waals surface area contributed by atoms with Crippen LogP contribution < -0.4 is 0 Å². The van der Waals surface area contributed by atoms with Crippen LogP contribution in [-0.4, -0.2) is 51.7 Å². The summed E-state index contributed by atoms with van der Waals surface area (Å²) in [5, 5.41) is 4.57. The zero-order valence-electron chi connectivity index (χ0n) is 17.0. The van der Waals surface area contributed by atoms with E-state index in [-0.39, 0.29) is 0 Å². The van der Waals surface area contributed by atoms with Gasteiger partial charge >= 0.3 is 0 Å². The van der Waals surface area contributed by atoms with Gasteiger partial charge in [0, 0.05) is 55.8 Å². The van der Waals surface area contributed by atoms with Crippen LogP contribution in [0.1, 0.15) is 70.1 Å². The first-order valence-electron chi connectivity index (χ1n) is 10.6. The van der Waals surface area contributed by atoms with Crippen molar-refractivity contribution in [2.24, 2.45) is 5.41 Å². The van der Waals surface area contributed by atoms with Gasteiger partial charge in [0.05, 0.1) is 6.20 Å². The molecule has 3 heterocycles. The number of aromatic nitrogens is 2. The average molecular weight is 361 g/mol. The van der Waals surface area contributed by atoms with Crippen LogP contribution in [-0.2, 0) is 17.9 Å². The Morgan fingerprint density at radius 3 is 2.77 bits per heavy atom. The van der Waals surface area contributed by atoms with Gasteiger partial charge in [0.2, 0.25) is 5.91 Å². The van der Waals surface area contributed by atoms with Crippen LogP contribution in [0.2, 0.25) is 0 Å². The molecule has 1 spiro atoms. The lowest BCUT2D eigenvalue weighted by atomic mass is 9.73. The summed E-state index contributed by atoms with van der Waals surface area (Å²) in [7, 11) is 0. The Morgan fingerprint density at radius 2 is 2.00 bits per heavy atom. The highest BCUT2D eigenvalue weighted by Crippen LogP contribution is 2.39. The number of nitrogens with zero attached hydrogens (tertiary/aromatic N) is 4. The third-order valence-corrected chi connectivity index (χ3v) is 6.30. The molecule has 0 saturated carbocycles. The Morgan fingerprint density at radius 1 is 1.15 bits per heavy atom. The van der Waals surface area contributed by atoms with Gasteiger partial charge in [-0.2, -0.15) is 5.10 Å². The van der Waals surface area contributed by atoms with Gasteiger partial charge in [-0.3, -0.25) is 14.4 Å². The Hall–Kier alpha value is -1.36. The SMILES string of the molecule is CCCCN1CC2(CCCN(Cc3cnn(CCC)c3C)C2)CCC1=O. The maximum atomic E-state index is 12.3. The molecule has 0 aromatic carbocycles. The monoisotopic (exact) mass is 360 g/mol. The van der Waals surface area contributed by atoms with Gasteiger partial charge in [-0.25, -0.2) is 0 Å². The second-order valence-corrected chi connectivity index (χ2v) is 8.46. The second-order valence-electron chi connectivity index (χ2n) is 8.46. The molecule has 26 heavy (non-hydrogen) atoms. The van der Waals surface area contributed by atoms with E-state index >= 15 is 0 Å². The summed E-state index contributed by atoms with van der Waals surface area (Å²) in [6.07, 6.45) is 9.79. The third-order valence-electron chi connectivity index (χ3n) is 6.30. The summed E-state index contributed by atoms with van der Waals surface area (Å²) in [5.41, 5.74) is 2.99. The normalized spacial score (nSPS) is 24.6. The molecule has 2 saturated heterocycles. The van der Waals surface area contributed by atoms with Crippen LogP contribution in [0.3, 0.4) is 0 Å². The van der Waals surface area contributed by atoms with Gasteiger partial charge in [0.1, 0.15) is 0 Å². The molecule has 0 bridgehead atoms. The highest BCUT2D eigenvalue weighted by molar-refractivity contribution is 5.77. The molecule has 5 heteroatoms. The first kappa shape index (κ1) is 19.4. The highest BCUT2D eigenvalue weighted by Gasteiger charge is 2.41. The lowest BCUT2D eigenvalue weighted by Gasteiger charge is -2.48. The lowest BCUT2D eigenvalue weighted by Crippen LogP contribution is -2.53. The molecule has 146 valence electrons. The van der Waals surface area contributed by atoms with E-state index in [0.717, 1.165) is 64.8 Å². The highest BCUT2D eigenvalue weighted by atomic mass is 16.2. The lowest BCUT2D eigenvalue weighted by molar-refractivity contribution is -0.139. The smallest absolute Gasteiger partial charge is 0.222 e. The van der Waals surface area contributed by atoms with E-state index in [1.54, 1.807) is 0 Å². The Balaban J connectivity index is 1.64. The molecule has 1 unspecified atom stereocenters. The molecule has 0 radical (unpaired) electrons. The maximum absolute atomic E-state index is 12.3. The van der Waals surface area contributed by atoms with Gasteiger partial charge in [-0.1, -0.05) is 20.3 Å². The van der Waals surface area contributed by atoms with E-state index in [4.69, 9.17) is 0 Å². The Bertz CT molecular complexity index is 611. The molecule has 2 aliphatic rings. The quantitative estimate of drug-likeness (QED) is 0.746. The summed E-state index contributed by atoms with van der Waals surface area (Å²) in [6.45, 7) is 12.8. The number of likely N-dealkylation sites (tertiary alicyclic amines) is 2. The minimum Gasteiger partial charge on any atom is -0.342 e. The van der Waals surface area contributed by atoms with Crippen LogP contribution in [0.5, 0.6) is 0 Å². The fraction of sp³-hybridized carbons (Fsp3) is 0.810. The first-order valence-corrected chi connectivity index (χ1v) is 10.6. The van der Waals surface area contributed by atoms with E-state index in [2.05, 4.69) is 46.5 Å². The standard InChI is InChI=1S/C21H36N4O/c1-4-6-13-24-17-21(10-8-20(24)26)9-7-12-23(16-21)15-19-14-22-25(11-5-2)18(19)3/h14H,4-13,15-17H2,1-3H3. The molecule has 5 nitrogen and oxygen atoms in total. The van der Waals surface area contributed by atoms with E-state index in [1.165, 1.54) is 30.6 Å². The van der Waals surface area contributed by atoms with Gasteiger partial charge in [-0.15, -0.1) is 0 Å². The van der Waals surface area contributed by atoms with Crippen molar-refractivity contribution in [2.75, 3.05) is 26.2 Å². The summed E-state index contributed by atoms with van der Waals surface area (Å²) < 4.78 is 2.14. The minimum absolute atomic E-state index is 0.313. The van der Waals surface area contributed by atoms with Crippen LogP contribution in [0.15, 0.2) is 6.20 Å². The van der Waals surface area contributed by atoms with Crippen LogP contribution in [0.4, 0.5) is 0 Å². The van der Waals surface area contributed by atoms with Crippen molar-refractivity contribution < 1.29 is 4.79 Å². The molecule has 0 N–H and O–H groups in total. The number of hydrogen-bond acceptors (Lipinski definition) is 3. The van der Waals surface area contributed by atoms with E-state index in [1.807, 2.05) is 0 Å². The number of amides is 1. The number of carbonyl (C=O) groups is 1. The molecular weight excluding hydrogens is 324 g/mol. The topological polar surface area (TPSA) is 41.4 Å². The van der Waals surface area contributed by atoms with Crippen molar-refractivity contribution in [1.82, 2.24) is 19.6 Å². The number of rotatable bonds is 7. The van der Waals surface area contributed by atoms with Gasteiger partial charge in [0.15, 0.2) is 0 Å². The number of piperidine rings is 2. The summed E-state index contributed by atoms with van der Waals surface area (Å²) in [5.74, 6) is 0.373. The summed E-state index contributed by atoms with van der Waals surface area (Å²) in [6, 6.07) is 0. The summed E-state index contributed by atoms with van der Waals surface area (Å²) in [4.78, 5) is 17.1. The number of aryl methyl sites for hydroxylation is 1. The maximum Gasteiger partial charge on any atom is 0.222 e. The van der Waals surface area contributed by atoms with Crippen molar-refractivity contribution in [3.63, 3.8) is 0 Å². The van der Waals surface area contributed by atoms with Crippen molar-refractivity contribution >= 4 is 5.91 Å². The summed E-state index contributed by atoms with van der Waals surface area (Å²) >= 11 is 0. The van der Waals surface area contributed by atoms with E-state index in [0.29, 0.717) is 11.3 Å².